The smallest absolute Gasteiger partial charge is 0.387 e. The number of carbonyl (C=O) groups is 1. The minimum absolute atomic E-state index is 0.297. The number of rotatable bonds is 9. The molecule has 0 radical (unpaired) electrons. The highest BCUT2D eigenvalue weighted by Gasteiger charge is 2.51. The van der Waals surface area contributed by atoms with Crippen LogP contribution in [0.15, 0.2) is 0 Å². The largest absolute Gasteiger partial charge is 0.397 e. The molecule has 0 aromatic heterocycles. The summed E-state index contributed by atoms with van der Waals surface area (Å²) < 4.78 is 42.3. The molecule has 31 heavy (non-hydrogen) atoms. The van der Waals surface area contributed by atoms with Crippen LogP contribution in [-0.4, -0.2) is 101 Å². The molecule has 0 aromatic rings. The molecule has 0 unspecified atom stereocenters. The summed E-state index contributed by atoms with van der Waals surface area (Å²) >= 11 is 7.42. The van der Waals surface area contributed by atoms with Crippen LogP contribution >= 0.6 is 23.4 Å². The molecule has 10 nitrogen and oxygen atoms in total. The molecule has 2 aliphatic heterocycles. The number of amides is 1. The fourth-order valence-corrected chi connectivity index (χ4v) is 5.74. The van der Waals surface area contributed by atoms with Crippen molar-refractivity contribution in [3.8, 4) is 0 Å². The third kappa shape index (κ3) is 6.90. The molecule has 2 heterocycles. The van der Waals surface area contributed by atoms with Crippen molar-refractivity contribution in [1.29, 1.82) is 0 Å². The molecule has 0 spiro atoms. The number of hydrogen-bond donors (Lipinski definition) is 4. The standard InChI is InChI=1S/C18H33ClN2O8S2/c1-5-6-10-7-11(21(3)8-10)17(24)20-12(9(2)19)15-16(29-31(25,26)27)13(22)14(23)18(28-15)30-4/h9-16,18,22-23H,5-8H2,1-4H3,(H,20,24)(H,25,26,27)/t9-,10+,11-,12+,13+,14+,15+,16+,18+/m0/s1. The van der Waals surface area contributed by atoms with Crippen molar-refractivity contribution in [2.45, 2.75) is 80.4 Å². The molecule has 2 saturated heterocycles. The van der Waals surface area contributed by atoms with Gasteiger partial charge in [0.1, 0.15) is 29.9 Å². The number of nitrogens with one attached hydrogen (secondary N) is 1. The number of aliphatic hydroxyl groups is 2. The zero-order valence-corrected chi connectivity index (χ0v) is 20.4. The van der Waals surface area contributed by atoms with Crippen LogP contribution in [0.2, 0.25) is 0 Å². The average molecular weight is 505 g/mol. The van der Waals surface area contributed by atoms with E-state index in [1.807, 2.05) is 11.9 Å². The van der Waals surface area contributed by atoms with E-state index in [0.717, 1.165) is 31.1 Å². The lowest BCUT2D eigenvalue weighted by atomic mass is 9.92. The van der Waals surface area contributed by atoms with Gasteiger partial charge in [-0.2, -0.15) is 8.42 Å². The van der Waals surface area contributed by atoms with Crippen LogP contribution in [0.4, 0.5) is 0 Å². The van der Waals surface area contributed by atoms with E-state index in [0.29, 0.717) is 12.3 Å². The van der Waals surface area contributed by atoms with Crippen LogP contribution in [0.5, 0.6) is 0 Å². The Hall–Kier alpha value is -0.180. The number of hydrogen-bond acceptors (Lipinski definition) is 9. The molecule has 0 saturated carbocycles. The van der Waals surface area contributed by atoms with Gasteiger partial charge in [-0.25, -0.2) is 4.18 Å². The van der Waals surface area contributed by atoms with E-state index in [1.54, 1.807) is 13.2 Å². The van der Waals surface area contributed by atoms with Crippen molar-refractivity contribution in [3.63, 3.8) is 0 Å². The molecule has 4 N–H and O–H groups in total. The Bertz CT molecular complexity index is 713. The number of likely N-dealkylation sites (N-methyl/N-ethyl adjacent to an activating group) is 1. The maximum absolute atomic E-state index is 13.1. The van der Waals surface area contributed by atoms with Crippen molar-refractivity contribution < 1.29 is 36.9 Å². The quantitative estimate of drug-likeness (QED) is 0.254. The number of thioether (sulfide) groups is 1. The molecule has 9 atom stereocenters. The minimum atomic E-state index is -4.98. The van der Waals surface area contributed by atoms with Gasteiger partial charge in [0.15, 0.2) is 0 Å². The molecule has 182 valence electrons. The highest BCUT2D eigenvalue weighted by atomic mass is 35.5. The van der Waals surface area contributed by atoms with Crippen LogP contribution in [-0.2, 0) is 24.1 Å². The van der Waals surface area contributed by atoms with E-state index in [9.17, 15) is 28.0 Å². The molecule has 13 heteroatoms. The lowest BCUT2D eigenvalue weighted by Crippen LogP contribution is -2.66. The second kappa shape index (κ2) is 11.3. The van der Waals surface area contributed by atoms with Crippen molar-refractivity contribution in [2.24, 2.45) is 5.92 Å². The third-order valence-electron chi connectivity index (χ3n) is 5.84. The van der Waals surface area contributed by atoms with Crippen molar-refractivity contribution >= 4 is 39.7 Å². The van der Waals surface area contributed by atoms with E-state index >= 15 is 0 Å². The van der Waals surface area contributed by atoms with E-state index in [-0.39, 0.29) is 11.9 Å². The summed E-state index contributed by atoms with van der Waals surface area (Å²) in [7, 11) is -3.12. The first-order chi connectivity index (χ1) is 14.4. The SMILES string of the molecule is CCC[C@@H]1C[C@@H](C(=O)N[C@@H]([C@H]2O[C@H](SC)[C@H](O)[C@@H](O)[C@H]2OS(=O)(=O)O)[C@H](C)Cl)N(C)C1. The molecule has 2 aliphatic rings. The van der Waals surface area contributed by atoms with Crippen LogP contribution in [0.3, 0.4) is 0 Å². The van der Waals surface area contributed by atoms with Gasteiger partial charge in [0.2, 0.25) is 5.91 Å². The van der Waals surface area contributed by atoms with Crippen LogP contribution in [0.25, 0.3) is 0 Å². The Morgan fingerprint density at radius 2 is 2.03 bits per heavy atom. The van der Waals surface area contributed by atoms with E-state index < -0.39 is 51.7 Å². The van der Waals surface area contributed by atoms with Gasteiger partial charge >= 0.3 is 10.4 Å². The number of aliphatic hydroxyl groups excluding tert-OH is 2. The molecule has 0 bridgehead atoms. The van der Waals surface area contributed by atoms with Gasteiger partial charge in [0.05, 0.1) is 17.5 Å². The van der Waals surface area contributed by atoms with Crippen molar-refractivity contribution in [3.05, 3.63) is 0 Å². The molecule has 2 rings (SSSR count). The van der Waals surface area contributed by atoms with Gasteiger partial charge in [-0.3, -0.25) is 14.2 Å². The van der Waals surface area contributed by atoms with Gasteiger partial charge in [0, 0.05) is 6.54 Å². The minimum Gasteiger partial charge on any atom is -0.387 e. The normalized spacial score (nSPS) is 36.8. The van der Waals surface area contributed by atoms with Gasteiger partial charge in [0.25, 0.3) is 0 Å². The number of nitrogens with zero attached hydrogens (tertiary/aromatic N) is 1. The Kier molecular flexibility index (Phi) is 9.87. The number of alkyl halides is 1. The maximum Gasteiger partial charge on any atom is 0.397 e. The first kappa shape index (κ1) is 27.1. The summed E-state index contributed by atoms with van der Waals surface area (Å²) in [6, 6.07) is -1.35. The molecule has 1 amide bonds. The highest BCUT2D eigenvalue weighted by Crippen LogP contribution is 2.33. The zero-order valence-electron chi connectivity index (χ0n) is 18.0. The van der Waals surface area contributed by atoms with Crippen LogP contribution in [0, 0.1) is 5.92 Å². The molecule has 2 fully saturated rings. The van der Waals surface area contributed by atoms with E-state index in [1.165, 1.54) is 0 Å². The summed E-state index contributed by atoms with van der Waals surface area (Å²) in [6.07, 6.45) is -1.73. The summed E-state index contributed by atoms with van der Waals surface area (Å²) in [5.74, 6) is 0.103. The lowest BCUT2D eigenvalue weighted by molar-refractivity contribution is -0.197. The van der Waals surface area contributed by atoms with Gasteiger partial charge in [-0.05, 0) is 39.0 Å². The predicted molar refractivity (Wildman–Crippen MR) is 117 cm³/mol. The van der Waals surface area contributed by atoms with Crippen molar-refractivity contribution in [1.82, 2.24) is 10.2 Å². The summed E-state index contributed by atoms with van der Waals surface area (Å²) in [5.41, 5.74) is -0.917. The maximum atomic E-state index is 13.1. The second-order valence-electron chi connectivity index (χ2n) is 8.23. The first-order valence-electron chi connectivity index (χ1n) is 10.2. The number of halogens is 1. The van der Waals surface area contributed by atoms with Crippen LogP contribution in [0.1, 0.15) is 33.1 Å². The van der Waals surface area contributed by atoms with E-state index in [4.69, 9.17) is 16.3 Å². The fraction of sp³-hybridized carbons (Fsp3) is 0.944. The fourth-order valence-electron chi connectivity index (χ4n) is 4.35. The van der Waals surface area contributed by atoms with Crippen LogP contribution < -0.4 is 5.32 Å². The first-order valence-corrected chi connectivity index (χ1v) is 13.3. The van der Waals surface area contributed by atoms with Gasteiger partial charge < -0.3 is 20.3 Å². The van der Waals surface area contributed by atoms with E-state index in [2.05, 4.69) is 16.4 Å². The molecule has 0 aromatic carbocycles. The molecule has 0 aliphatic carbocycles. The Morgan fingerprint density at radius 3 is 2.55 bits per heavy atom. The van der Waals surface area contributed by atoms with Crippen molar-refractivity contribution in [2.75, 3.05) is 19.8 Å². The second-order valence-corrected chi connectivity index (χ2v) is 10.9. The summed E-state index contributed by atoms with van der Waals surface area (Å²) in [6.45, 7) is 4.47. The number of carbonyl (C=O) groups excluding carboxylic acids is 1. The zero-order chi connectivity index (χ0) is 23.5. The monoisotopic (exact) mass is 504 g/mol. The number of likely N-dealkylation sites (tertiary alicyclic amines) is 1. The predicted octanol–water partition coefficient (Wildman–Crippen LogP) is 0.217. The number of ether oxygens (including phenoxy) is 1. The topological polar surface area (TPSA) is 146 Å². The summed E-state index contributed by atoms with van der Waals surface area (Å²) in [5, 5.41) is 22.8. The third-order valence-corrected chi connectivity index (χ3v) is 7.43. The Balaban J connectivity index is 2.26. The molecular formula is C18H33ClN2O8S2. The van der Waals surface area contributed by atoms with Gasteiger partial charge in [-0.15, -0.1) is 23.4 Å². The van der Waals surface area contributed by atoms with Gasteiger partial charge in [-0.1, -0.05) is 13.3 Å². The average Bonchev–Trinajstić information content (AvgIpc) is 3.03. The lowest BCUT2D eigenvalue weighted by Gasteiger charge is -2.45. The Labute approximate surface area is 192 Å². The summed E-state index contributed by atoms with van der Waals surface area (Å²) in [4.78, 5) is 15.0. The molecular weight excluding hydrogens is 472 g/mol. The highest BCUT2D eigenvalue weighted by molar-refractivity contribution is 7.99. The Morgan fingerprint density at radius 1 is 1.39 bits per heavy atom.